The van der Waals surface area contributed by atoms with Gasteiger partial charge in [0.25, 0.3) is 0 Å². The molecule has 160 valence electrons. The average molecular weight is 430 g/mol. The maximum absolute atomic E-state index is 13.0. The number of aryl methyl sites for hydroxylation is 2. The summed E-state index contributed by atoms with van der Waals surface area (Å²) in [5.74, 6) is -1.55. The van der Waals surface area contributed by atoms with Gasteiger partial charge in [0.2, 0.25) is 10.0 Å². The molecule has 0 bridgehead atoms. The van der Waals surface area contributed by atoms with Gasteiger partial charge in [0.1, 0.15) is 0 Å². The minimum atomic E-state index is -3.65. The molecule has 1 aliphatic rings. The van der Waals surface area contributed by atoms with Crippen LogP contribution in [0, 0.1) is 20.8 Å². The molecule has 30 heavy (non-hydrogen) atoms. The molecule has 7 nitrogen and oxygen atoms in total. The number of anilines is 1. The summed E-state index contributed by atoms with van der Waals surface area (Å²) in [6.45, 7) is 6.17. The Morgan fingerprint density at radius 3 is 2.43 bits per heavy atom. The second-order valence-electron chi connectivity index (χ2n) is 7.64. The quantitative estimate of drug-likeness (QED) is 0.714. The predicted molar refractivity (Wildman–Crippen MR) is 116 cm³/mol. The van der Waals surface area contributed by atoms with Gasteiger partial charge in [-0.3, -0.25) is 9.59 Å². The average Bonchev–Trinajstić information content (AvgIpc) is 3.19. The fraction of sp³-hybridized carbons (Fsp3) is 0.364. The lowest BCUT2D eigenvalue weighted by Crippen LogP contribution is -2.45. The Morgan fingerprint density at radius 2 is 1.73 bits per heavy atom. The molecule has 0 aromatic heterocycles. The van der Waals surface area contributed by atoms with Gasteiger partial charge in [0.05, 0.1) is 4.90 Å². The van der Waals surface area contributed by atoms with Crippen molar-refractivity contribution in [1.82, 2.24) is 9.62 Å². The van der Waals surface area contributed by atoms with E-state index in [1.165, 1.54) is 4.31 Å². The molecule has 1 aliphatic heterocycles. The van der Waals surface area contributed by atoms with Crippen molar-refractivity contribution in [2.45, 2.75) is 44.6 Å². The van der Waals surface area contributed by atoms with E-state index in [0.717, 1.165) is 16.7 Å². The van der Waals surface area contributed by atoms with Crippen molar-refractivity contribution in [3.8, 4) is 0 Å². The molecule has 0 spiro atoms. The van der Waals surface area contributed by atoms with Gasteiger partial charge in [-0.25, -0.2) is 8.42 Å². The van der Waals surface area contributed by atoms with Crippen LogP contribution in [0.3, 0.4) is 0 Å². The van der Waals surface area contributed by atoms with Crippen LogP contribution in [0.5, 0.6) is 0 Å². The third-order valence-electron chi connectivity index (χ3n) is 5.51. The van der Waals surface area contributed by atoms with Gasteiger partial charge in [-0.2, -0.15) is 4.31 Å². The summed E-state index contributed by atoms with van der Waals surface area (Å²) < 4.78 is 27.4. The maximum atomic E-state index is 13.0. The smallest absolute Gasteiger partial charge is 0.313 e. The van der Waals surface area contributed by atoms with Gasteiger partial charge in [0.15, 0.2) is 0 Å². The van der Waals surface area contributed by atoms with Crippen molar-refractivity contribution >= 4 is 27.5 Å². The van der Waals surface area contributed by atoms with Gasteiger partial charge >= 0.3 is 11.8 Å². The van der Waals surface area contributed by atoms with Crippen LogP contribution in [0.4, 0.5) is 5.69 Å². The predicted octanol–water partition coefficient (Wildman–Crippen LogP) is 2.52. The molecule has 2 aromatic rings. The van der Waals surface area contributed by atoms with Crippen molar-refractivity contribution < 1.29 is 18.0 Å². The Kier molecular flexibility index (Phi) is 6.58. The first-order valence-electron chi connectivity index (χ1n) is 9.94. The molecule has 1 atom stereocenters. The summed E-state index contributed by atoms with van der Waals surface area (Å²) in [6, 6.07) is 11.8. The third-order valence-corrected chi connectivity index (χ3v) is 7.47. The van der Waals surface area contributed by atoms with Crippen molar-refractivity contribution in [2.24, 2.45) is 0 Å². The van der Waals surface area contributed by atoms with E-state index in [2.05, 4.69) is 10.6 Å². The SMILES string of the molecule is Cc1ccc(S(=O)(=O)N2CCC[C@@H]2CNC(=O)C(=O)Nc2cccc(C)c2C)cc1. The van der Waals surface area contributed by atoms with E-state index in [9.17, 15) is 18.0 Å². The molecule has 1 fully saturated rings. The van der Waals surface area contributed by atoms with Crippen LogP contribution >= 0.6 is 0 Å². The van der Waals surface area contributed by atoms with Crippen LogP contribution in [0.1, 0.15) is 29.5 Å². The fourth-order valence-corrected chi connectivity index (χ4v) is 5.22. The number of rotatable bonds is 5. The van der Waals surface area contributed by atoms with Gasteiger partial charge in [-0.05, 0) is 62.9 Å². The third kappa shape index (κ3) is 4.71. The van der Waals surface area contributed by atoms with Crippen molar-refractivity contribution in [3.63, 3.8) is 0 Å². The summed E-state index contributed by atoms with van der Waals surface area (Å²) in [4.78, 5) is 24.8. The number of carbonyl (C=O) groups excluding carboxylic acids is 2. The number of carbonyl (C=O) groups is 2. The summed E-state index contributed by atoms with van der Waals surface area (Å²) in [5, 5.41) is 5.20. The molecule has 0 aliphatic carbocycles. The van der Waals surface area contributed by atoms with E-state index in [4.69, 9.17) is 0 Å². The first-order chi connectivity index (χ1) is 14.2. The fourth-order valence-electron chi connectivity index (χ4n) is 3.53. The Hall–Kier alpha value is -2.71. The molecule has 0 radical (unpaired) electrons. The van der Waals surface area contributed by atoms with Gasteiger partial charge in [0, 0.05) is 24.8 Å². The lowest BCUT2D eigenvalue weighted by atomic mass is 10.1. The zero-order chi connectivity index (χ0) is 21.9. The van der Waals surface area contributed by atoms with Crippen molar-refractivity contribution in [3.05, 3.63) is 59.2 Å². The highest BCUT2D eigenvalue weighted by atomic mass is 32.2. The standard InChI is InChI=1S/C22H27N3O4S/c1-15-9-11-19(12-10-15)30(28,29)25-13-5-7-18(25)14-23-21(26)22(27)24-20-8-4-6-16(2)17(20)3/h4,6,8-12,18H,5,7,13-14H2,1-3H3,(H,23,26)(H,24,27)/t18-/m1/s1. The number of nitrogens with zero attached hydrogens (tertiary/aromatic N) is 1. The minimum Gasteiger partial charge on any atom is -0.346 e. The van der Waals surface area contributed by atoms with E-state index in [-0.39, 0.29) is 17.5 Å². The number of benzene rings is 2. The number of nitrogens with one attached hydrogen (secondary N) is 2. The molecular weight excluding hydrogens is 402 g/mol. The Bertz CT molecular complexity index is 1050. The molecule has 0 unspecified atom stereocenters. The van der Waals surface area contributed by atoms with Crippen LogP contribution < -0.4 is 10.6 Å². The molecule has 2 N–H and O–H groups in total. The zero-order valence-corrected chi connectivity index (χ0v) is 18.3. The molecule has 3 rings (SSSR count). The van der Waals surface area contributed by atoms with Crippen molar-refractivity contribution in [2.75, 3.05) is 18.4 Å². The van der Waals surface area contributed by atoms with E-state index in [1.54, 1.807) is 30.3 Å². The van der Waals surface area contributed by atoms with Gasteiger partial charge in [-0.1, -0.05) is 29.8 Å². The molecule has 1 saturated heterocycles. The highest BCUT2D eigenvalue weighted by Crippen LogP contribution is 2.26. The molecule has 2 amide bonds. The zero-order valence-electron chi connectivity index (χ0n) is 17.4. The van der Waals surface area contributed by atoms with E-state index >= 15 is 0 Å². The summed E-state index contributed by atoms with van der Waals surface area (Å²) >= 11 is 0. The first-order valence-corrected chi connectivity index (χ1v) is 11.4. The maximum Gasteiger partial charge on any atom is 0.313 e. The van der Waals surface area contributed by atoms with Crippen LogP contribution in [-0.2, 0) is 19.6 Å². The Morgan fingerprint density at radius 1 is 1.03 bits per heavy atom. The molecular formula is C22H27N3O4S. The second kappa shape index (κ2) is 8.97. The van der Waals surface area contributed by atoms with Gasteiger partial charge < -0.3 is 10.6 Å². The number of sulfonamides is 1. The van der Waals surface area contributed by atoms with Gasteiger partial charge in [-0.15, -0.1) is 0 Å². The van der Waals surface area contributed by atoms with E-state index < -0.39 is 21.8 Å². The highest BCUT2D eigenvalue weighted by Gasteiger charge is 2.35. The highest BCUT2D eigenvalue weighted by molar-refractivity contribution is 7.89. The number of hydrogen-bond acceptors (Lipinski definition) is 4. The Balaban J connectivity index is 1.63. The number of amides is 2. The largest absolute Gasteiger partial charge is 0.346 e. The minimum absolute atomic E-state index is 0.0874. The summed E-state index contributed by atoms with van der Waals surface area (Å²) in [7, 11) is -3.65. The lowest BCUT2D eigenvalue weighted by molar-refractivity contribution is -0.136. The topological polar surface area (TPSA) is 95.6 Å². The monoisotopic (exact) mass is 429 g/mol. The normalized spacial score (nSPS) is 17.0. The Labute approximate surface area is 177 Å². The molecule has 2 aromatic carbocycles. The number of hydrogen-bond donors (Lipinski definition) is 2. The summed E-state index contributed by atoms with van der Waals surface area (Å²) in [6.07, 6.45) is 1.34. The molecule has 0 saturated carbocycles. The molecule has 8 heteroatoms. The second-order valence-corrected chi connectivity index (χ2v) is 9.53. The first kappa shape index (κ1) is 22.0. The van der Waals surface area contributed by atoms with E-state index in [0.29, 0.717) is 25.1 Å². The van der Waals surface area contributed by atoms with Crippen LogP contribution in [0.25, 0.3) is 0 Å². The van der Waals surface area contributed by atoms with Crippen molar-refractivity contribution in [1.29, 1.82) is 0 Å². The lowest BCUT2D eigenvalue weighted by Gasteiger charge is -2.24. The van der Waals surface area contributed by atoms with E-state index in [1.807, 2.05) is 32.9 Å². The van der Waals surface area contributed by atoms with Crippen LogP contribution in [-0.4, -0.2) is 43.7 Å². The van der Waals surface area contributed by atoms with Crippen LogP contribution in [0.15, 0.2) is 47.4 Å². The summed E-state index contributed by atoms with van der Waals surface area (Å²) in [5.41, 5.74) is 3.47. The molecule has 1 heterocycles. The van der Waals surface area contributed by atoms with Crippen LogP contribution in [0.2, 0.25) is 0 Å².